The third-order valence-electron chi connectivity index (χ3n) is 9.88. The first-order valence-electron chi connectivity index (χ1n) is 23.6. The first kappa shape index (κ1) is 63.8. The number of hydrogen-bond donors (Lipinski definition) is 7. The van der Waals surface area contributed by atoms with E-state index in [2.05, 4.69) is 42.0 Å². The van der Waals surface area contributed by atoms with Gasteiger partial charge >= 0.3 is 33.6 Å². The predicted molar refractivity (Wildman–Crippen MR) is 258 cm³/mol. The number of hydrogen-bond acceptors (Lipinski definition) is 14. The van der Waals surface area contributed by atoms with Gasteiger partial charge in [0.25, 0.3) is 0 Å². The van der Waals surface area contributed by atoms with E-state index >= 15 is 0 Å². The lowest BCUT2D eigenvalue weighted by molar-refractivity contribution is -0.161. The Kier molecular flexibility index (Phi) is 39.3. The Balaban J connectivity index is 5.35. The Labute approximate surface area is 398 Å². The highest BCUT2D eigenvalue weighted by Crippen LogP contribution is 2.44. The van der Waals surface area contributed by atoms with Crippen molar-refractivity contribution in [2.45, 2.75) is 185 Å². The molecule has 17 nitrogen and oxygen atoms in total. The number of aliphatic carboxylic acids is 1. The largest absolute Gasteiger partial charge is 0.481 e. The zero-order chi connectivity index (χ0) is 49.5. The normalized spacial score (nSPS) is 15.7. The van der Waals surface area contributed by atoms with Gasteiger partial charge in [-0.05, 0) is 44.4 Å². The lowest BCUT2D eigenvalue weighted by atomic mass is 10.0. The van der Waals surface area contributed by atoms with Crippen molar-refractivity contribution in [2.24, 2.45) is 11.7 Å². The van der Waals surface area contributed by atoms with Gasteiger partial charge < -0.3 is 45.2 Å². The first-order chi connectivity index (χ1) is 31.3. The molecular weight excluding hydrogens is 917 g/mol. The molecule has 0 bridgehead atoms. The Morgan fingerprint density at radius 2 is 1.29 bits per heavy atom. The highest BCUT2D eigenvalue weighted by molar-refractivity contribution is 8.00. The van der Waals surface area contributed by atoms with Gasteiger partial charge in [-0.1, -0.05) is 153 Å². The topological polar surface area (TPSA) is 279 Å². The SMILES string of the molecule is CCCCC/C=C\C\C=C/C=C/C=C/[C@@H](SC[C@H](N)C(=O)OC[C@H](COP(=O)(O)OC[C@@H](O)COP(=O)(O)O)OC(=O)CCCCCCCCCCCCCC(C)C)[C@@H](O)CCCC(=O)O. The van der Waals surface area contributed by atoms with Crippen LogP contribution in [0.2, 0.25) is 0 Å². The molecule has 6 atom stereocenters. The Morgan fingerprint density at radius 1 is 0.682 bits per heavy atom. The third kappa shape index (κ3) is 42.0. The number of unbranched alkanes of at least 4 members (excludes halogenated alkanes) is 13. The molecule has 66 heavy (non-hydrogen) atoms. The summed E-state index contributed by atoms with van der Waals surface area (Å²) in [7, 11) is -9.87. The number of rotatable bonds is 44. The quantitative estimate of drug-likeness (QED) is 0.00985. The molecule has 0 heterocycles. The molecule has 0 radical (unpaired) electrons. The summed E-state index contributed by atoms with van der Waals surface area (Å²) in [4.78, 5) is 64.7. The van der Waals surface area contributed by atoms with E-state index in [1.165, 1.54) is 64.2 Å². The molecule has 0 aromatic carbocycles. The second-order valence-electron chi connectivity index (χ2n) is 16.7. The highest BCUT2D eigenvalue weighted by Gasteiger charge is 2.29. The number of thioether (sulfide) groups is 1. The van der Waals surface area contributed by atoms with Crippen molar-refractivity contribution in [3.8, 4) is 0 Å². The van der Waals surface area contributed by atoms with Crippen LogP contribution in [0.5, 0.6) is 0 Å². The number of ether oxygens (including phenoxy) is 2. The summed E-state index contributed by atoms with van der Waals surface area (Å²) in [6.45, 7) is 3.45. The standard InChI is InChI=1S/C46H83NO16P2S/c1-4-5-6-7-8-9-10-13-16-19-22-25-30-43(42(49)29-27-31-44(50)51)66-37-41(47)46(53)59-35-40(36-62-65(57,58)61-34-39(48)33-60-64(54,55)56)63-45(52)32-26-23-20-17-14-11-12-15-18-21-24-28-38(2)3/h8-9,13,16,19,22,25,30,38-43,48-49H,4-7,10-12,14-15,17-18,20-21,23-24,26-29,31-37,47H2,1-3H3,(H,50,51)(H,57,58)(H2,54,55,56)/b9-8-,16-13-,22-19+,30-25+/t39-,40+,41-,42-,43+/m0/s1. The Morgan fingerprint density at radius 3 is 1.91 bits per heavy atom. The molecule has 0 aliphatic carbocycles. The minimum absolute atomic E-state index is 0.0226. The number of nitrogens with two attached hydrogens (primary N) is 1. The number of carboxylic acid groups (broad SMARTS) is 1. The zero-order valence-electron chi connectivity index (χ0n) is 39.6. The van der Waals surface area contributed by atoms with Crippen molar-refractivity contribution in [2.75, 3.05) is 32.2 Å². The monoisotopic (exact) mass is 999 g/mol. The van der Waals surface area contributed by atoms with Crippen LogP contribution in [0.15, 0.2) is 48.6 Å². The first-order valence-corrected chi connectivity index (χ1v) is 27.7. The molecule has 0 amide bonds. The van der Waals surface area contributed by atoms with E-state index < -0.39 is 89.6 Å². The molecule has 0 saturated carbocycles. The van der Waals surface area contributed by atoms with Crippen LogP contribution >= 0.6 is 27.4 Å². The minimum atomic E-state index is -4.94. The van der Waals surface area contributed by atoms with E-state index in [0.717, 1.165) is 56.2 Å². The molecule has 0 rings (SSSR count). The second kappa shape index (κ2) is 40.7. The van der Waals surface area contributed by atoms with E-state index in [1.807, 2.05) is 18.2 Å². The van der Waals surface area contributed by atoms with Gasteiger partial charge in [0.2, 0.25) is 0 Å². The molecule has 384 valence electrons. The van der Waals surface area contributed by atoms with Crippen LogP contribution in [-0.4, -0.2) is 110 Å². The van der Waals surface area contributed by atoms with Crippen molar-refractivity contribution < 1.29 is 76.6 Å². The number of allylic oxidation sites excluding steroid dienone is 7. The third-order valence-corrected chi connectivity index (χ3v) is 12.7. The van der Waals surface area contributed by atoms with Crippen molar-refractivity contribution in [3.05, 3.63) is 48.6 Å². The number of carbonyl (C=O) groups excluding carboxylic acids is 2. The molecule has 20 heteroatoms. The molecule has 1 unspecified atom stereocenters. The van der Waals surface area contributed by atoms with E-state index in [1.54, 1.807) is 18.2 Å². The molecule has 0 aromatic rings. The smallest absolute Gasteiger partial charge is 0.472 e. The van der Waals surface area contributed by atoms with Crippen molar-refractivity contribution in [1.29, 1.82) is 0 Å². The van der Waals surface area contributed by atoms with Crippen LogP contribution < -0.4 is 5.73 Å². The van der Waals surface area contributed by atoms with Gasteiger partial charge in [-0.3, -0.25) is 28.0 Å². The molecule has 0 aromatic heterocycles. The van der Waals surface area contributed by atoms with Crippen molar-refractivity contribution >= 4 is 45.3 Å². The lowest BCUT2D eigenvalue weighted by Gasteiger charge is -2.22. The average molecular weight is 1000 g/mol. The number of aliphatic hydroxyl groups is 2. The van der Waals surface area contributed by atoms with E-state index in [0.29, 0.717) is 6.42 Å². The van der Waals surface area contributed by atoms with Gasteiger partial charge in [0, 0.05) is 23.8 Å². The van der Waals surface area contributed by atoms with Crippen LogP contribution in [0.4, 0.5) is 0 Å². The maximum absolute atomic E-state index is 13.0. The van der Waals surface area contributed by atoms with Crippen molar-refractivity contribution in [3.63, 3.8) is 0 Å². The fraction of sp³-hybridized carbons (Fsp3) is 0.761. The number of aliphatic hydroxyl groups excluding tert-OH is 2. The maximum atomic E-state index is 13.0. The fourth-order valence-electron chi connectivity index (χ4n) is 6.15. The molecule has 0 fully saturated rings. The summed E-state index contributed by atoms with van der Waals surface area (Å²) in [6, 6.07) is -1.22. The summed E-state index contributed by atoms with van der Waals surface area (Å²) >= 11 is 1.16. The number of carbonyl (C=O) groups is 3. The summed E-state index contributed by atoms with van der Waals surface area (Å²) in [5.74, 6) is -1.83. The number of carboxylic acids is 1. The van der Waals surface area contributed by atoms with Crippen molar-refractivity contribution in [1.82, 2.24) is 0 Å². The minimum Gasteiger partial charge on any atom is -0.481 e. The van der Waals surface area contributed by atoms with E-state index in [4.69, 9.17) is 34.6 Å². The van der Waals surface area contributed by atoms with E-state index in [9.17, 15) is 38.6 Å². The van der Waals surface area contributed by atoms with Gasteiger partial charge in [0.05, 0.1) is 25.9 Å². The molecule has 0 spiro atoms. The zero-order valence-corrected chi connectivity index (χ0v) is 42.2. The van der Waals surface area contributed by atoms with Crippen LogP contribution in [-0.2, 0) is 46.6 Å². The average Bonchev–Trinajstić information content (AvgIpc) is 3.25. The van der Waals surface area contributed by atoms with Gasteiger partial charge in [-0.15, -0.1) is 11.8 Å². The van der Waals surface area contributed by atoms with Gasteiger partial charge in [0.1, 0.15) is 18.8 Å². The lowest BCUT2D eigenvalue weighted by Crippen LogP contribution is -2.38. The van der Waals surface area contributed by atoms with Crippen LogP contribution in [0.1, 0.15) is 156 Å². The van der Waals surface area contributed by atoms with Crippen LogP contribution in [0.25, 0.3) is 0 Å². The predicted octanol–water partition coefficient (Wildman–Crippen LogP) is 9.01. The molecule has 0 aliphatic rings. The maximum Gasteiger partial charge on any atom is 0.472 e. The van der Waals surface area contributed by atoms with Gasteiger partial charge in [-0.2, -0.15) is 0 Å². The molecule has 0 saturated heterocycles. The Hall–Kier alpha value is -2.18. The molecule has 0 aliphatic heterocycles. The van der Waals surface area contributed by atoms with E-state index in [-0.39, 0.29) is 31.4 Å². The summed E-state index contributed by atoms with van der Waals surface area (Å²) in [6.07, 6.45) is 30.2. The van der Waals surface area contributed by atoms with Gasteiger partial charge in [0.15, 0.2) is 6.10 Å². The molecule has 8 N–H and O–H groups in total. The fourth-order valence-corrected chi connectivity index (χ4v) is 8.43. The van der Waals surface area contributed by atoms with Gasteiger partial charge in [-0.25, -0.2) is 9.13 Å². The van der Waals surface area contributed by atoms with Crippen LogP contribution in [0.3, 0.4) is 0 Å². The number of esters is 2. The summed E-state index contributed by atoms with van der Waals surface area (Å²) < 4.78 is 48.0. The second-order valence-corrected chi connectivity index (χ2v) is 20.6. The Bertz CT molecular complexity index is 1490. The number of phosphoric ester groups is 2. The summed E-state index contributed by atoms with van der Waals surface area (Å²) in [5, 5.41) is 29.2. The van der Waals surface area contributed by atoms with Crippen LogP contribution in [0, 0.1) is 5.92 Å². The molecular formula is C46H83NO16P2S. The highest BCUT2D eigenvalue weighted by atomic mass is 32.2. The summed E-state index contributed by atoms with van der Waals surface area (Å²) in [5.41, 5.74) is 6.16. The number of phosphoric acid groups is 2.